The zero-order valence-electron chi connectivity index (χ0n) is 25.3. The van der Waals surface area contributed by atoms with Crippen LogP contribution < -0.4 is 9.80 Å². The summed E-state index contributed by atoms with van der Waals surface area (Å²) in [7, 11) is 0. The number of nitro groups is 2. The van der Waals surface area contributed by atoms with Gasteiger partial charge in [-0.1, -0.05) is 36.4 Å². The fourth-order valence-corrected chi connectivity index (χ4v) is 6.34. The maximum Gasteiger partial charge on any atom is 0.381 e. The maximum absolute atomic E-state index is 14.8. The number of ketones is 1. The number of hydrogen-bond acceptors (Lipinski definition) is 11. The van der Waals surface area contributed by atoms with Gasteiger partial charge in [-0.15, -0.1) is 0 Å². The molecule has 15 heteroatoms. The molecule has 15 nitrogen and oxygen atoms in total. The molecular weight excluding hydrogens is 592 g/mol. The van der Waals surface area contributed by atoms with Crippen molar-refractivity contribution < 1.29 is 14.6 Å². The molecule has 0 saturated carbocycles. The van der Waals surface area contributed by atoms with Crippen molar-refractivity contribution >= 4 is 28.8 Å². The smallest absolute Gasteiger partial charge is 0.369 e. The van der Waals surface area contributed by atoms with Crippen LogP contribution in [0.15, 0.2) is 85.7 Å². The van der Waals surface area contributed by atoms with Gasteiger partial charge in [-0.05, 0) is 44.1 Å². The van der Waals surface area contributed by atoms with Crippen LogP contribution in [-0.4, -0.2) is 109 Å². The van der Waals surface area contributed by atoms with E-state index in [9.17, 15) is 25.0 Å². The van der Waals surface area contributed by atoms with Crippen LogP contribution >= 0.6 is 0 Å². The minimum atomic E-state index is -0.609. The summed E-state index contributed by atoms with van der Waals surface area (Å²) >= 11 is 0. The largest absolute Gasteiger partial charge is 0.381 e. The summed E-state index contributed by atoms with van der Waals surface area (Å²) in [6, 6.07) is 19.0. The number of carbonyl (C=O) groups is 1. The van der Waals surface area contributed by atoms with Crippen molar-refractivity contribution in [3.05, 3.63) is 106 Å². The van der Waals surface area contributed by atoms with E-state index in [-0.39, 0.29) is 30.5 Å². The molecule has 2 aromatic carbocycles. The molecule has 0 spiro atoms. The Morgan fingerprint density at radius 2 is 1.00 bits per heavy atom. The highest BCUT2D eigenvalue weighted by molar-refractivity contribution is 5.89. The van der Waals surface area contributed by atoms with Gasteiger partial charge >= 0.3 is 11.6 Å². The second kappa shape index (κ2) is 13.9. The van der Waals surface area contributed by atoms with Gasteiger partial charge in [0.1, 0.15) is 12.4 Å². The molecular formula is C31H36N10O5. The maximum atomic E-state index is 14.8. The van der Waals surface area contributed by atoms with Crippen LogP contribution in [0.5, 0.6) is 0 Å². The molecule has 46 heavy (non-hydrogen) atoms. The molecule has 2 unspecified atom stereocenters. The van der Waals surface area contributed by atoms with E-state index < -0.39 is 21.9 Å². The van der Waals surface area contributed by atoms with Gasteiger partial charge < -0.3 is 39.2 Å². The van der Waals surface area contributed by atoms with E-state index in [4.69, 9.17) is 0 Å². The highest BCUT2D eigenvalue weighted by Gasteiger charge is 2.38. The predicted molar refractivity (Wildman–Crippen MR) is 171 cm³/mol. The summed E-state index contributed by atoms with van der Waals surface area (Å²) in [5.74, 6) is -0.604. The van der Waals surface area contributed by atoms with Gasteiger partial charge in [0.15, 0.2) is 5.78 Å². The van der Waals surface area contributed by atoms with Crippen LogP contribution in [0.4, 0.5) is 23.0 Å². The number of anilines is 2. The Balaban J connectivity index is 1.26. The molecule has 0 radical (unpaired) electrons. The summed E-state index contributed by atoms with van der Waals surface area (Å²) in [4.78, 5) is 53.2. The Morgan fingerprint density at radius 1 is 0.630 bits per heavy atom. The van der Waals surface area contributed by atoms with Gasteiger partial charge in [0.25, 0.3) is 0 Å². The van der Waals surface area contributed by atoms with E-state index in [1.807, 2.05) is 36.4 Å². The topological polar surface area (TPSA) is 152 Å². The van der Waals surface area contributed by atoms with Gasteiger partial charge in [-0.2, -0.15) is 0 Å². The lowest BCUT2D eigenvalue weighted by Crippen LogP contribution is -2.60. The monoisotopic (exact) mass is 628 g/mol. The Hall–Kier alpha value is -5.15. The van der Waals surface area contributed by atoms with E-state index in [0.29, 0.717) is 52.4 Å². The van der Waals surface area contributed by atoms with Crippen molar-refractivity contribution in [3.8, 4) is 0 Å². The molecule has 2 aliphatic rings. The summed E-state index contributed by atoms with van der Waals surface area (Å²) in [5.41, 5.74) is 2.23. The highest BCUT2D eigenvalue weighted by atomic mass is 16.6. The van der Waals surface area contributed by atoms with Crippen molar-refractivity contribution in [2.75, 3.05) is 62.2 Å². The minimum Gasteiger partial charge on any atom is -0.369 e. The number of hydrogen-bond donors (Lipinski definition) is 0. The first kappa shape index (κ1) is 30.9. The van der Waals surface area contributed by atoms with E-state index >= 15 is 0 Å². The predicted octanol–water partition coefficient (Wildman–Crippen LogP) is 2.55. The molecule has 2 aliphatic heterocycles. The zero-order chi connectivity index (χ0) is 32.0. The number of aromatic nitrogens is 4. The normalized spacial score (nSPS) is 17.5. The fourth-order valence-electron chi connectivity index (χ4n) is 6.34. The first-order valence-corrected chi connectivity index (χ1v) is 15.3. The Labute approximate surface area is 265 Å². The van der Waals surface area contributed by atoms with Crippen LogP contribution in [0.1, 0.15) is 0 Å². The summed E-state index contributed by atoms with van der Waals surface area (Å²) < 4.78 is 3.22. The summed E-state index contributed by atoms with van der Waals surface area (Å²) in [6.45, 7) is 5.71. The average molecular weight is 629 g/mol. The van der Waals surface area contributed by atoms with Crippen LogP contribution in [0, 0.1) is 20.2 Å². The molecule has 4 aromatic rings. The third-order valence-corrected chi connectivity index (χ3v) is 8.79. The molecule has 2 atom stereocenters. The molecule has 0 amide bonds. The summed E-state index contributed by atoms with van der Waals surface area (Å²) in [5, 5.41) is 22.8. The molecule has 2 fully saturated rings. The van der Waals surface area contributed by atoms with Gasteiger partial charge in [-0.3, -0.25) is 14.6 Å². The molecule has 6 rings (SSSR count). The van der Waals surface area contributed by atoms with Gasteiger partial charge in [0, 0.05) is 76.8 Å². The van der Waals surface area contributed by atoms with Gasteiger partial charge in [-0.25, -0.2) is 0 Å². The number of para-hydroxylation sites is 2. The lowest BCUT2D eigenvalue weighted by atomic mass is 9.99. The van der Waals surface area contributed by atoms with E-state index in [0.717, 1.165) is 11.4 Å². The average Bonchev–Trinajstić information content (AvgIpc) is 3.77. The SMILES string of the molecule is O=C(C(Cn1cnc([N+](=O)[O-])c1)N1CCN(c2ccccc2)CC1)C(Cn1cnc([N+](=O)[O-])c1)N1CCN(c2ccccc2)CC1. The molecule has 0 bridgehead atoms. The first-order valence-electron chi connectivity index (χ1n) is 15.3. The molecule has 2 saturated heterocycles. The fraction of sp³-hybridized carbons (Fsp3) is 0.387. The Bertz CT molecular complexity index is 1510. The number of benzene rings is 2. The Morgan fingerprint density at radius 3 is 1.33 bits per heavy atom. The number of carbonyl (C=O) groups excluding carboxylic acids is 1. The zero-order valence-corrected chi connectivity index (χ0v) is 25.3. The van der Waals surface area contributed by atoms with Gasteiger partial charge in [0.05, 0.1) is 12.1 Å². The minimum absolute atomic E-state index is 0.0472. The van der Waals surface area contributed by atoms with Crippen LogP contribution in [0.2, 0.25) is 0 Å². The molecule has 240 valence electrons. The third-order valence-electron chi connectivity index (χ3n) is 8.79. The summed E-state index contributed by atoms with van der Waals surface area (Å²) in [6.07, 6.45) is 5.50. The van der Waals surface area contributed by atoms with E-state index in [1.165, 1.54) is 25.0 Å². The number of nitrogens with zero attached hydrogens (tertiary/aromatic N) is 10. The van der Waals surface area contributed by atoms with Crippen molar-refractivity contribution in [2.45, 2.75) is 25.2 Å². The van der Waals surface area contributed by atoms with Crippen LogP contribution in [0.3, 0.4) is 0 Å². The standard InChI is InChI=1S/C31H36N10O5/c42-31(27(19-34-21-29(32-23-34)40(43)44)38-15-11-36(12-16-38)25-7-3-1-4-8-25)28(20-35-22-30(33-24-35)41(45)46)39-17-13-37(14-18-39)26-9-5-2-6-10-26/h1-10,21-24,27-28H,11-20H2. The van der Waals surface area contributed by atoms with E-state index in [2.05, 4.69) is 53.8 Å². The lowest BCUT2D eigenvalue weighted by Gasteiger charge is -2.43. The van der Waals surface area contributed by atoms with Crippen LogP contribution in [-0.2, 0) is 17.9 Å². The van der Waals surface area contributed by atoms with Crippen LogP contribution in [0.25, 0.3) is 0 Å². The van der Waals surface area contributed by atoms with Crippen molar-refractivity contribution in [2.24, 2.45) is 0 Å². The number of rotatable bonds is 12. The molecule has 0 aliphatic carbocycles. The number of imidazole rings is 2. The highest BCUT2D eigenvalue weighted by Crippen LogP contribution is 2.23. The second-order valence-corrected chi connectivity index (χ2v) is 11.5. The Kier molecular flexibility index (Phi) is 9.30. The van der Waals surface area contributed by atoms with Crippen molar-refractivity contribution in [1.82, 2.24) is 28.9 Å². The number of piperazine rings is 2. The first-order chi connectivity index (χ1) is 22.4. The molecule has 0 N–H and O–H groups in total. The van der Waals surface area contributed by atoms with Crippen molar-refractivity contribution in [1.29, 1.82) is 0 Å². The lowest BCUT2D eigenvalue weighted by molar-refractivity contribution is -0.389. The quantitative estimate of drug-likeness (QED) is 0.168. The van der Waals surface area contributed by atoms with Gasteiger partial charge in [0.2, 0.25) is 12.7 Å². The second-order valence-electron chi connectivity index (χ2n) is 11.5. The molecule has 4 heterocycles. The number of Topliss-reactive ketones (excluding diaryl/α,β-unsaturated/α-hetero) is 1. The van der Waals surface area contributed by atoms with E-state index in [1.54, 1.807) is 9.13 Å². The molecule has 2 aromatic heterocycles. The van der Waals surface area contributed by atoms with Crippen molar-refractivity contribution in [3.63, 3.8) is 0 Å². The third kappa shape index (κ3) is 7.05.